The normalized spacial score (nSPS) is 12.0. The molecule has 0 atom stereocenters. The van der Waals surface area contributed by atoms with Crippen LogP contribution in [-0.2, 0) is 12.0 Å². The monoisotopic (exact) mass is 314 g/mol. The zero-order valence-corrected chi connectivity index (χ0v) is 13.2. The van der Waals surface area contributed by atoms with Gasteiger partial charge in [-0.25, -0.2) is 18.2 Å². The van der Waals surface area contributed by atoms with Crippen LogP contribution in [0.3, 0.4) is 0 Å². The van der Waals surface area contributed by atoms with Crippen LogP contribution >= 0.6 is 11.3 Å². The van der Waals surface area contributed by atoms with Crippen molar-refractivity contribution < 1.29 is 13.2 Å². The smallest absolute Gasteiger partial charge is 0.194 e. The van der Waals surface area contributed by atoms with Crippen LogP contribution in [0.25, 0.3) is 10.6 Å². The molecule has 0 saturated carbocycles. The first-order valence-corrected chi connectivity index (χ1v) is 7.35. The van der Waals surface area contributed by atoms with Crippen molar-refractivity contribution in [3.8, 4) is 10.6 Å². The van der Waals surface area contributed by atoms with E-state index in [1.807, 2.05) is 27.8 Å². The highest BCUT2D eigenvalue weighted by atomic mass is 32.1. The average molecular weight is 314 g/mol. The molecule has 0 bridgehead atoms. The van der Waals surface area contributed by atoms with Gasteiger partial charge in [-0.05, 0) is 19.2 Å². The number of rotatable bonds is 3. The van der Waals surface area contributed by atoms with E-state index in [4.69, 9.17) is 0 Å². The Kier molecular flexibility index (Phi) is 4.39. The van der Waals surface area contributed by atoms with Gasteiger partial charge in [0.2, 0.25) is 0 Å². The second-order valence-corrected chi connectivity index (χ2v) is 6.91. The van der Waals surface area contributed by atoms with Crippen LogP contribution in [0.4, 0.5) is 13.2 Å². The molecule has 6 heteroatoms. The van der Waals surface area contributed by atoms with Crippen LogP contribution in [0.5, 0.6) is 0 Å². The number of hydrogen-bond donors (Lipinski definition) is 1. The van der Waals surface area contributed by atoms with Crippen LogP contribution in [0.1, 0.15) is 31.3 Å². The van der Waals surface area contributed by atoms with Gasteiger partial charge in [-0.1, -0.05) is 20.8 Å². The summed E-state index contributed by atoms with van der Waals surface area (Å²) in [6.45, 7) is 6.70. The molecule has 0 unspecified atom stereocenters. The number of benzene rings is 1. The van der Waals surface area contributed by atoms with Gasteiger partial charge in [-0.2, -0.15) is 0 Å². The molecule has 21 heavy (non-hydrogen) atoms. The van der Waals surface area contributed by atoms with Crippen molar-refractivity contribution in [3.63, 3.8) is 0 Å². The quantitative estimate of drug-likeness (QED) is 0.857. The number of halogens is 3. The molecule has 0 fully saturated rings. The fourth-order valence-corrected chi connectivity index (χ4v) is 3.29. The molecule has 0 saturated heterocycles. The Bertz CT molecular complexity index is 636. The van der Waals surface area contributed by atoms with Crippen molar-refractivity contribution in [2.75, 3.05) is 7.05 Å². The van der Waals surface area contributed by atoms with E-state index in [1.54, 1.807) is 0 Å². The molecule has 2 rings (SSSR count). The topological polar surface area (TPSA) is 24.9 Å². The molecular weight excluding hydrogens is 297 g/mol. The molecule has 114 valence electrons. The molecular formula is C15H17F3N2S. The Morgan fingerprint density at radius 2 is 1.71 bits per heavy atom. The van der Waals surface area contributed by atoms with Crippen LogP contribution in [-0.4, -0.2) is 12.0 Å². The number of nitrogens with zero attached hydrogens (tertiary/aromatic N) is 1. The van der Waals surface area contributed by atoms with Crippen LogP contribution in [0, 0.1) is 17.5 Å². The molecule has 0 aliphatic heterocycles. The zero-order chi connectivity index (χ0) is 15.8. The molecule has 0 amide bonds. The summed E-state index contributed by atoms with van der Waals surface area (Å²) >= 11 is 1.36. The summed E-state index contributed by atoms with van der Waals surface area (Å²) in [6, 6.07) is 1.96. The molecule has 2 nitrogen and oxygen atoms in total. The predicted molar refractivity (Wildman–Crippen MR) is 78.9 cm³/mol. The van der Waals surface area contributed by atoms with Gasteiger partial charge >= 0.3 is 0 Å². The van der Waals surface area contributed by atoms with Gasteiger partial charge < -0.3 is 5.32 Å². The van der Waals surface area contributed by atoms with E-state index in [0.717, 1.165) is 22.7 Å². The zero-order valence-electron chi connectivity index (χ0n) is 12.4. The number of thiazole rings is 1. The van der Waals surface area contributed by atoms with E-state index < -0.39 is 17.5 Å². The number of hydrogen-bond acceptors (Lipinski definition) is 3. The Morgan fingerprint density at radius 1 is 1.14 bits per heavy atom. The first-order chi connectivity index (χ1) is 9.74. The lowest BCUT2D eigenvalue weighted by Crippen LogP contribution is -2.16. The molecule has 0 radical (unpaired) electrons. The van der Waals surface area contributed by atoms with E-state index in [2.05, 4.69) is 10.3 Å². The lowest BCUT2D eigenvalue weighted by molar-refractivity contribution is 0.447. The standard InChI is InChI=1S/C15H17F3N2S/c1-15(2,3)13-11(7-19-4)21-14(20-13)8-5-9(16)12(18)10(17)6-8/h5-6,19H,7H2,1-4H3. The van der Waals surface area contributed by atoms with Crippen LogP contribution in [0.15, 0.2) is 12.1 Å². The molecule has 1 N–H and O–H groups in total. The van der Waals surface area contributed by atoms with Crippen molar-refractivity contribution >= 4 is 11.3 Å². The highest BCUT2D eigenvalue weighted by Crippen LogP contribution is 2.35. The lowest BCUT2D eigenvalue weighted by Gasteiger charge is -2.17. The SMILES string of the molecule is CNCc1sc(-c2cc(F)c(F)c(F)c2)nc1C(C)(C)C. The molecule has 1 aromatic heterocycles. The third kappa shape index (κ3) is 3.27. The fourth-order valence-electron chi connectivity index (χ4n) is 2.02. The van der Waals surface area contributed by atoms with E-state index in [1.165, 1.54) is 11.3 Å². The summed E-state index contributed by atoms with van der Waals surface area (Å²) in [5.74, 6) is -3.86. The summed E-state index contributed by atoms with van der Waals surface area (Å²) in [4.78, 5) is 5.51. The molecule has 0 aliphatic carbocycles. The van der Waals surface area contributed by atoms with Gasteiger partial charge in [-0.15, -0.1) is 11.3 Å². The Morgan fingerprint density at radius 3 is 2.19 bits per heavy atom. The summed E-state index contributed by atoms with van der Waals surface area (Å²) in [5, 5.41) is 3.54. The minimum Gasteiger partial charge on any atom is -0.315 e. The fraction of sp³-hybridized carbons (Fsp3) is 0.400. The summed E-state index contributed by atoms with van der Waals surface area (Å²) in [7, 11) is 1.82. The second-order valence-electron chi connectivity index (χ2n) is 5.83. The second kappa shape index (κ2) is 5.77. The number of nitrogens with one attached hydrogen (secondary N) is 1. The lowest BCUT2D eigenvalue weighted by atomic mass is 9.91. The Balaban J connectivity index is 2.55. The maximum absolute atomic E-state index is 13.4. The van der Waals surface area contributed by atoms with Crippen molar-refractivity contribution in [2.45, 2.75) is 32.7 Å². The molecule has 1 heterocycles. The average Bonchev–Trinajstić information content (AvgIpc) is 2.80. The maximum atomic E-state index is 13.4. The van der Waals surface area contributed by atoms with Crippen molar-refractivity contribution in [3.05, 3.63) is 40.2 Å². The third-order valence-corrected chi connectivity index (χ3v) is 4.08. The Labute approximate surface area is 126 Å². The molecule has 2 aromatic rings. The van der Waals surface area contributed by atoms with E-state index in [-0.39, 0.29) is 11.0 Å². The first-order valence-electron chi connectivity index (χ1n) is 6.53. The maximum Gasteiger partial charge on any atom is 0.194 e. The van der Waals surface area contributed by atoms with Gasteiger partial charge in [0.25, 0.3) is 0 Å². The molecule has 0 aliphatic rings. The van der Waals surface area contributed by atoms with Crippen molar-refractivity contribution in [1.82, 2.24) is 10.3 Å². The summed E-state index contributed by atoms with van der Waals surface area (Å²) in [6.07, 6.45) is 0. The van der Waals surface area contributed by atoms with E-state index >= 15 is 0 Å². The van der Waals surface area contributed by atoms with Crippen molar-refractivity contribution in [1.29, 1.82) is 0 Å². The van der Waals surface area contributed by atoms with E-state index in [9.17, 15) is 13.2 Å². The first kappa shape index (κ1) is 16.0. The molecule has 0 spiro atoms. The third-order valence-electron chi connectivity index (χ3n) is 2.98. The van der Waals surface area contributed by atoms with E-state index in [0.29, 0.717) is 11.6 Å². The van der Waals surface area contributed by atoms with Gasteiger partial charge in [0, 0.05) is 22.4 Å². The Hall–Kier alpha value is -1.40. The largest absolute Gasteiger partial charge is 0.315 e. The van der Waals surface area contributed by atoms with Gasteiger partial charge in [-0.3, -0.25) is 0 Å². The minimum absolute atomic E-state index is 0.182. The summed E-state index contributed by atoms with van der Waals surface area (Å²) in [5.41, 5.74) is 0.948. The molecule has 1 aromatic carbocycles. The number of aromatic nitrogens is 1. The van der Waals surface area contributed by atoms with Gasteiger partial charge in [0.15, 0.2) is 17.5 Å². The van der Waals surface area contributed by atoms with Crippen molar-refractivity contribution in [2.24, 2.45) is 0 Å². The predicted octanol–water partition coefficient (Wildman–Crippen LogP) is 4.24. The highest BCUT2D eigenvalue weighted by Gasteiger charge is 2.24. The highest BCUT2D eigenvalue weighted by molar-refractivity contribution is 7.15. The minimum atomic E-state index is -1.46. The summed E-state index contributed by atoms with van der Waals surface area (Å²) < 4.78 is 39.8. The van der Waals surface area contributed by atoms with Gasteiger partial charge in [0.05, 0.1) is 5.69 Å². The van der Waals surface area contributed by atoms with Crippen LogP contribution < -0.4 is 5.32 Å². The van der Waals surface area contributed by atoms with Gasteiger partial charge in [0.1, 0.15) is 5.01 Å². The van der Waals surface area contributed by atoms with Crippen LogP contribution in [0.2, 0.25) is 0 Å².